The molecule has 0 aromatic heterocycles. The van der Waals surface area contributed by atoms with Gasteiger partial charge < -0.3 is 14.8 Å². The first-order valence-corrected chi connectivity index (χ1v) is 7.14. The van der Waals surface area contributed by atoms with E-state index in [0.717, 1.165) is 17.5 Å². The van der Waals surface area contributed by atoms with Crippen LogP contribution < -0.4 is 10.1 Å². The Morgan fingerprint density at radius 3 is 3.00 bits per heavy atom. The Hall–Kier alpha value is -1.07. The minimum atomic E-state index is -0.0927. The standard InChI is InChI=1S/C14H18BrNO3/c1-9-10(5-6-19-9)8-16-14(17)12-7-11(18-2)3-4-13(12)15/h3-4,7,9-10H,5-6,8H2,1-2H3,(H,16,17). The Bertz CT molecular complexity index is 464. The van der Waals surface area contributed by atoms with Crippen LogP contribution in [0.25, 0.3) is 0 Å². The fraction of sp³-hybridized carbons (Fsp3) is 0.500. The third kappa shape index (κ3) is 3.48. The molecular formula is C14H18BrNO3. The van der Waals surface area contributed by atoms with Crippen molar-refractivity contribution in [3.8, 4) is 5.75 Å². The zero-order chi connectivity index (χ0) is 13.8. The Morgan fingerprint density at radius 2 is 2.37 bits per heavy atom. The molecule has 0 spiro atoms. The second-order valence-corrected chi connectivity index (χ2v) is 5.53. The SMILES string of the molecule is COc1ccc(Br)c(C(=O)NCC2CCOC2C)c1. The van der Waals surface area contributed by atoms with E-state index in [-0.39, 0.29) is 12.0 Å². The van der Waals surface area contributed by atoms with Gasteiger partial charge in [0.15, 0.2) is 0 Å². The minimum Gasteiger partial charge on any atom is -0.497 e. The zero-order valence-electron chi connectivity index (χ0n) is 11.1. The maximum atomic E-state index is 12.2. The molecule has 0 aliphatic carbocycles. The average molecular weight is 328 g/mol. The van der Waals surface area contributed by atoms with E-state index in [1.807, 2.05) is 19.1 Å². The molecule has 1 amide bonds. The van der Waals surface area contributed by atoms with Gasteiger partial charge >= 0.3 is 0 Å². The van der Waals surface area contributed by atoms with Crippen molar-refractivity contribution >= 4 is 21.8 Å². The summed E-state index contributed by atoms with van der Waals surface area (Å²) >= 11 is 3.38. The van der Waals surface area contributed by atoms with Gasteiger partial charge in [-0.25, -0.2) is 0 Å². The maximum Gasteiger partial charge on any atom is 0.252 e. The summed E-state index contributed by atoms with van der Waals surface area (Å²) in [6, 6.07) is 5.36. The van der Waals surface area contributed by atoms with E-state index in [0.29, 0.717) is 23.8 Å². The van der Waals surface area contributed by atoms with Crippen LogP contribution in [-0.4, -0.2) is 32.3 Å². The number of hydrogen-bond donors (Lipinski definition) is 1. The van der Waals surface area contributed by atoms with Crippen molar-refractivity contribution in [2.24, 2.45) is 5.92 Å². The van der Waals surface area contributed by atoms with E-state index < -0.39 is 0 Å². The number of rotatable bonds is 4. The third-order valence-electron chi connectivity index (χ3n) is 3.48. The van der Waals surface area contributed by atoms with E-state index in [1.165, 1.54) is 0 Å². The van der Waals surface area contributed by atoms with Crippen LogP contribution in [0.5, 0.6) is 5.75 Å². The molecular weight excluding hydrogens is 310 g/mol. The lowest BCUT2D eigenvalue weighted by molar-refractivity contribution is 0.0906. The summed E-state index contributed by atoms with van der Waals surface area (Å²) in [6.07, 6.45) is 1.22. The Kier molecular flexibility index (Phi) is 4.82. The third-order valence-corrected chi connectivity index (χ3v) is 4.17. The van der Waals surface area contributed by atoms with Crippen molar-refractivity contribution in [1.82, 2.24) is 5.32 Å². The maximum absolute atomic E-state index is 12.2. The lowest BCUT2D eigenvalue weighted by Crippen LogP contribution is -2.32. The number of halogens is 1. The van der Waals surface area contributed by atoms with E-state index in [2.05, 4.69) is 21.2 Å². The van der Waals surface area contributed by atoms with Crippen LogP contribution in [0.3, 0.4) is 0 Å². The summed E-state index contributed by atoms with van der Waals surface area (Å²) in [4.78, 5) is 12.2. The van der Waals surface area contributed by atoms with Crippen LogP contribution in [0.2, 0.25) is 0 Å². The summed E-state index contributed by atoms with van der Waals surface area (Å²) in [5.74, 6) is 0.976. The molecule has 1 fully saturated rings. The topological polar surface area (TPSA) is 47.6 Å². The number of carbonyl (C=O) groups is 1. The predicted molar refractivity (Wildman–Crippen MR) is 76.5 cm³/mol. The lowest BCUT2D eigenvalue weighted by atomic mass is 10.0. The van der Waals surface area contributed by atoms with E-state index in [9.17, 15) is 4.79 Å². The highest BCUT2D eigenvalue weighted by molar-refractivity contribution is 9.10. The fourth-order valence-electron chi connectivity index (χ4n) is 2.17. The van der Waals surface area contributed by atoms with Crippen LogP contribution in [0.15, 0.2) is 22.7 Å². The summed E-state index contributed by atoms with van der Waals surface area (Å²) in [7, 11) is 1.59. The molecule has 2 unspecified atom stereocenters. The largest absolute Gasteiger partial charge is 0.497 e. The highest BCUT2D eigenvalue weighted by Gasteiger charge is 2.24. The molecule has 0 bridgehead atoms. The van der Waals surface area contributed by atoms with Crippen molar-refractivity contribution in [2.45, 2.75) is 19.4 Å². The number of hydrogen-bond acceptors (Lipinski definition) is 3. The lowest BCUT2D eigenvalue weighted by Gasteiger charge is -2.15. The highest BCUT2D eigenvalue weighted by Crippen LogP contribution is 2.23. The van der Waals surface area contributed by atoms with Gasteiger partial charge in [-0.15, -0.1) is 0 Å². The van der Waals surface area contributed by atoms with Crippen LogP contribution in [0.1, 0.15) is 23.7 Å². The van der Waals surface area contributed by atoms with Gasteiger partial charge in [-0.1, -0.05) is 0 Å². The number of amides is 1. The summed E-state index contributed by atoms with van der Waals surface area (Å²) in [5, 5.41) is 2.96. The molecule has 104 valence electrons. The summed E-state index contributed by atoms with van der Waals surface area (Å²) in [5.41, 5.74) is 0.589. The molecule has 2 atom stereocenters. The van der Waals surface area contributed by atoms with Gasteiger partial charge in [0.05, 0.1) is 18.8 Å². The van der Waals surface area contributed by atoms with Gasteiger partial charge in [-0.05, 0) is 47.5 Å². The normalized spacial score (nSPS) is 22.3. The molecule has 4 nitrogen and oxygen atoms in total. The molecule has 0 saturated carbocycles. The van der Waals surface area contributed by atoms with E-state index in [1.54, 1.807) is 13.2 Å². The average Bonchev–Trinajstić information content (AvgIpc) is 2.82. The van der Waals surface area contributed by atoms with Crippen molar-refractivity contribution in [1.29, 1.82) is 0 Å². The van der Waals surface area contributed by atoms with Crippen molar-refractivity contribution in [2.75, 3.05) is 20.3 Å². The van der Waals surface area contributed by atoms with Gasteiger partial charge in [-0.3, -0.25) is 4.79 Å². The number of carbonyl (C=O) groups excluding carboxylic acids is 1. The summed E-state index contributed by atoms with van der Waals surface area (Å²) in [6.45, 7) is 3.47. The second kappa shape index (κ2) is 6.39. The van der Waals surface area contributed by atoms with Crippen molar-refractivity contribution < 1.29 is 14.3 Å². The molecule has 1 aliphatic heterocycles. The van der Waals surface area contributed by atoms with Gasteiger partial charge in [0.2, 0.25) is 0 Å². The van der Waals surface area contributed by atoms with E-state index >= 15 is 0 Å². The highest BCUT2D eigenvalue weighted by atomic mass is 79.9. The first-order chi connectivity index (χ1) is 9.11. The molecule has 5 heteroatoms. The van der Waals surface area contributed by atoms with Gasteiger partial charge in [0.1, 0.15) is 5.75 Å². The van der Waals surface area contributed by atoms with Gasteiger partial charge in [0.25, 0.3) is 5.91 Å². The number of nitrogens with one attached hydrogen (secondary N) is 1. The fourth-order valence-corrected chi connectivity index (χ4v) is 2.60. The predicted octanol–water partition coefficient (Wildman–Crippen LogP) is 2.61. The van der Waals surface area contributed by atoms with E-state index in [4.69, 9.17) is 9.47 Å². The first kappa shape index (κ1) is 14.3. The number of methoxy groups -OCH3 is 1. The molecule has 1 heterocycles. The second-order valence-electron chi connectivity index (χ2n) is 4.68. The van der Waals surface area contributed by atoms with Gasteiger partial charge in [-0.2, -0.15) is 0 Å². The minimum absolute atomic E-state index is 0.0927. The molecule has 1 saturated heterocycles. The van der Waals surface area contributed by atoms with Crippen LogP contribution >= 0.6 is 15.9 Å². The summed E-state index contributed by atoms with van der Waals surface area (Å²) < 4.78 is 11.4. The first-order valence-electron chi connectivity index (χ1n) is 6.35. The molecule has 1 aromatic rings. The quantitative estimate of drug-likeness (QED) is 0.924. The molecule has 1 N–H and O–H groups in total. The van der Waals surface area contributed by atoms with Crippen LogP contribution in [-0.2, 0) is 4.74 Å². The zero-order valence-corrected chi connectivity index (χ0v) is 12.7. The van der Waals surface area contributed by atoms with Crippen LogP contribution in [0.4, 0.5) is 0 Å². The monoisotopic (exact) mass is 327 g/mol. The molecule has 2 rings (SSSR count). The molecule has 19 heavy (non-hydrogen) atoms. The Balaban J connectivity index is 1.99. The van der Waals surface area contributed by atoms with Crippen LogP contribution in [0, 0.1) is 5.92 Å². The number of ether oxygens (including phenoxy) is 2. The smallest absolute Gasteiger partial charge is 0.252 e. The molecule has 1 aromatic carbocycles. The van der Waals surface area contributed by atoms with Crippen molar-refractivity contribution in [3.05, 3.63) is 28.2 Å². The van der Waals surface area contributed by atoms with Gasteiger partial charge in [0, 0.05) is 23.5 Å². The number of benzene rings is 1. The Morgan fingerprint density at radius 1 is 1.58 bits per heavy atom. The molecule has 1 aliphatic rings. The Labute approximate surface area is 121 Å². The van der Waals surface area contributed by atoms with Crippen molar-refractivity contribution in [3.63, 3.8) is 0 Å². The molecule has 0 radical (unpaired) electrons.